The van der Waals surface area contributed by atoms with Gasteiger partial charge in [-0.2, -0.15) is 0 Å². The van der Waals surface area contributed by atoms with Crippen molar-refractivity contribution in [3.63, 3.8) is 0 Å². The molecule has 0 aromatic carbocycles. The van der Waals surface area contributed by atoms with Crippen LogP contribution in [0.4, 0.5) is 0 Å². The number of nitrogens with zero attached hydrogens (tertiary/aromatic N) is 3. The number of ether oxygens (including phenoxy) is 1. The van der Waals surface area contributed by atoms with Crippen LogP contribution in [0.5, 0.6) is 0 Å². The Labute approximate surface area is 144 Å². The van der Waals surface area contributed by atoms with Gasteiger partial charge in [-0.15, -0.1) is 0 Å². The third-order valence-corrected chi connectivity index (χ3v) is 5.63. The number of nitrogens with two attached hydrogens (primary N) is 1. The lowest BCUT2D eigenvalue weighted by Gasteiger charge is -2.43. The third-order valence-electron chi connectivity index (χ3n) is 5.63. The summed E-state index contributed by atoms with van der Waals surface area (Å²) in [5.41, 5.74) is 5.45. The molecular weight excluding hydrogens is 308 g/mol. The van der Waals surface area contributed by atoms with Crippen molar-refractivity contribution >= 4 is 11.8 Å². The average Bonchev–Trinajstić information content (AvgIpc) is 2.67. The van der Waals surface area contributed by atoms with Crippen LogP contribution < -0.4 is 5.73 Å². The summed E-state index contributed by atoms with van der Waals surface area (Å²) in [5, 5.41) is 0. The van der Waals surface area contributed by atoms with Crippen LogP contribution >= 0.6 is 0 Å². The number of hydrogen-bond acceptors (Lipinski definition) is 5. The molecule has 136 valence electrons. The highest BCUT2D eigenvalue weighted by atomic mass is 16.5. The van der Waals surface area contributed by atoms with E-state index >= 15 is 0 Å². The lowest BCUT2D eigenvalue weighted by Crippen LogP contribution is -2.53. The molecule has 7 heteroatoms. The van der Waals surface area contributed by atoms with Crippen LogP contribution in [0.2, 0.25) is 0 Å². The molecule has 3 saturated heterocycles. The van der Waals surface area contributed by atoms with E-state index in [1.54, 1.807) is 0 Å². The van der Waals surface area contributed by atoms with E-state index in [-0.39, 0.29) is 18.4 Å². The molecule has 0 radical (unpaired) electrons. The molecule has 2 amide bonds. The summed E-state index contributed by atoms with van der Waals surface area (Å²) in [4.78, 5) is 30.8. The Kier molecular flexibility index (Phi) is 6.08. The number of morpholine rings is 1. The van der Waals surface area contributed by atoms with Crippen LogP contribution in [0.3, 0.4) is 0 Å². The van der Waals surface area contributed by atoms with Gasteiger partial charge in [0.1, 0.15) is 0 Å². The molecule has 3 aliphatic heterocycles. The number of carbonyl (C=O) groups excluding carboxylic acids is 2. The van der Waals surface area contributed by atoms with Crippen molar-refractivity contribution < 1.29 is 14.3 Å². The third kappa shape index (κ3) is 4.07. The highest BCUT2D eigenvalue weighted by molar-refractivity contribution is 5.79. The summed E-state index contributed by atoms with van der Waals surface area (Å²) in [7, 11) is 0. The smallest absolute Gasteiger partial charge is 0.236 e. The number of piperidine rings is 2. The van der Waals surface area contributed by atoms with Gasteiger partial charge in [0, 0.05) is 38.8 Å². The van der Waals surface area contributed by atoms with E-state index in [4.69, 9.17) is 10.5 Å². The lowest BCUT2D eigenvalue weighted by molar-refractivity contribution is -0.142. The Morgan fingerprint density at radius 3 is 2.33 bits per heavy atom. The molecule has 3 fully saturated rings. The number of amides is 2. The molecule has 3 heterocycles. The van der Waals surface area contributed by atoms with E-state index in [0.29, 0.717) is 25.2 Å². The minimum absolute atomic E-state index is 0.0486. The molecule has 0 bridgehead atoms. The highest BCUT2D eigenvalue weighted by Crippen LogP contribution is 2.25. The zero-order chi connectivity index (χ0) is 16.9. The summed E-state index contributed by atoms with van der Waals surface area (Å²) in [6.07, 6.45) is 4.06. The molecule has 0 aliphatic carbocycles. The summed E-state index contributed by atoms with van der Waals surface area (Å²) < 4.78 is 5.35. The molecule has 0 saturated carbocycles. The van der Waals surface area contributed by atoms with Crippen molar-refractivity contribution in [3.05, 3.63) is 0 Å². The van der Waals surface area contributed by atoms with Crippen LogP contribution in [0.1, 0.15) is 25.7 Å². The molecule has 0 aromatic heterocycles. The predicted molar refractivity (Wildman–Crippen MR) is 90.4 cm³/mol. The van der Waals surface area contributed by atoms with E-state index < -0.39 is 0 Å². The first kappa shape index (κ1) is 17.6. The van der Waals surface area contributed by atoms with Crippen LogP contribution in [0, 0.1) is 5.92 Å². The standard InChI is InChI=1S/C17H30N4O3/c18-12-16(22)19-6-3-15(4-7-19)21-5-1-2-14(13-21)17(23)20-8-10-24-11-9-20/h14-15H,1-13,18H2/t14-/m1/s1. The molecule has 0 spiro atoms. The Hall–Kier alpha value is -1.18. The van der Waals surface area contributed by atoms with Gasteiger partial charge in [0.15, 0.2) is 0 Å². The Morgan fingerprint density at radius 2 is 1.67 bits per heavy atom. The molecule has 0 unspecified atom stereocenters. The monoisotopic (exact) mass is 338 g/mol. The zero-order valence-electron chi connectivity index (χ0n) is 14.5. The van der Waals surface area contributed by atoms with Gasteiger partial charge in [-0.3, -0.25) is 14.5 Å². The van der Waals surface area contributed by atoms with Gasteiger partial charge in [-0.05, 0) is 32.2 Å². The van der Waals surface area contributed by atoms with Gasteiger partial charge in [-0.25, -0.2) is 0 Å². The fourth-order valence-electron chi connectivity index (χ4n) is 4.19. The first-order valence-corrected chi connectivity index (χ1v) is 9.27. The number of hydrogen-bond donors (Lipinski definition) is 1. The minimum atomic E-state index is 0.0486. The second-order valence-electron chi connectivity index (χ2n) is 7.09. The maximum Gasteiger partial charge on any atom is 0.236 e. The second kappa shape index (κ2) is 8.27. The Bertz CT molecular complexity index is 445. The van der Waals surface area contributed by atoms with Crippen molar-refractivity contribution in [1.82, 2.24) is 14.7 Å². The first-order valence-electron chi connectivity index (χ1n) is 9.27. The van der Waals surface area contributed by atoms with Crippen molar-refractivity contribution in [2.75, 3.05) is 59.0 Å². The molecule has 24 heavy (non-hydrogen) atoms. The molecule has 7 nitrogen and oxygen atoms in total. The van der Waals surface area contributed by atoms with Crippen molar-refractivity contribution in [3.8, 4) is 0 Å². The van der Waals surface area contributed by atoms with E-state index in [1.807, 2.05) is 9.80 Å². The molecule has 3 rings (SSSR count). The molecule has 0 aromatic rings. The highest BCUT2D eigenvalue weighted by Gasteiger charge is 2.34. The van der Waals surface area contributed by atoms with E-state index in [2.05, 4.69) is 4.90 Å². The fraction of sp³-hybridized carbons (Fsp3) is 0.882. The topological polar surface area (TPSA) is 79.1 Å². The van der Waals surface area contributed by atoms with Gasteiger partial charge in [-0.1, -0.05) is 0 Å². The molecule has 2 N–H and O–H groups in total. The van der Waals surface area contributed by atoms with Crippen molar-refractivity contribution in [2.45, 2.75) is 31.7 Å². The normalized spacial score (nSPS) is 27.3. The molecular formula is C17H30N4O3. The van der Waals surface area contributed by atoms with Crippen LogP contribution in [0.15, 0.2) is 0 Å². The molecule has 3 aliphatic rings. The van der Waals surface area contributed by atoms with Gasteiger partial charge in [0.25, 0.3) is 0 Å². The van der Waals surface area contributed by atoms with E-state index in [1.165, 1.54) is 0 Å². The lowest BCUT2D eigenvalue weighted by atomic mass is 9.92. The maximum absolute atomic E-state index is 12.7. The minimum Gasteiger partial charge on any atom is -0.378 e. The van der Waals surface area contributed by atoms with Crippen LogP contribution in [0.25, 0.3) is 0 Å². The second-order valence-corrected chi connectivity index (χ2v) is 7.09. The van der Waals surface area contributed by atoms with E-state index in [9.17, 15) is 9.59 Å². The number of carbonyl (C=O) groups is 2. The summed E-state index contributed by atoms with van der Waals surface area (Å²) in [6, 6.07) is 0.493. The predicted octanol–water partition coefficient (Wildman–Crippen LogP) is -0.493. The average molecular weight is 338 g/mol. The first-order chi connectivity index (χ1) is 11.7. The van der Waals surface area contributed by atoms with Crippen molar-refractivity contribution in [2.24, 2.45) is 11.7 Å². The Morgan fingerprint density at radius 1 is 0.958 bits per heavy atom. The summed E-state index contributed by atoms with van der Waals surface area (Å²) in [5.74, 6) is 0.478. The molecule has 1 atom stereocenters. The van der Waals surface area contributed by atoms with E-state index in [0.717, 1.165) is 65.0 Å². The van der Waals surface area contributed by atoms with Gasteiger partial charge < -0.3 is 20.3 Å². The fourth-order valence-corrected chi connectivity index (χ4v) is 4.19. The van der Waals surface area contributed by atoms with Crippen LogP contribution in [-0.2, 0) is 14.3 Å². The van der Waals surface area contributed by atoms with Crippen LogP contribution in [-0.4, -0.2) is 91.6 Å². The quantitative estimate of drug-likeness (QED) is 0.751. The maximum atomic E-state index is 12.7. The zero-order valence-corrected chi connectivity index (χ0v) is 14.5. The van der Waals surface area contributed by atoms with Gasteiger partial charge >= 0.3 is 0 Å². The number of rotatable bonds is 3. The Balaban J connectivity index is 1.50. The number of likely N-dealkylation sites (tertiary alicyclic amines) is 2. The summed E-state index contributed by atoms with van der Waals surface area (Å²) >= 11 is 0. The summed E-state index contributed by atoms with van der Waals surface area (Å²) in [6.45, 7) is 6.41. The van der Waals surface area contributed by atoms with Gasteiger partial charge in [0.2, 0.25) is 11.8 Å². The van der Waals surface area contributed by atoms with Crippen molar-refractivity contribution in [1.29, 1.82) is 0 Å². The largest absolute Gasteiger partial charge is 0.378 e. The SMILES string of the molecule is NCC(=O)N1CCC(N2CCC[C@@H](C(=O)N3CCOCC3)C2)CC1. The van der Waals surface area contributed by atoms with Gasteiger partial charge in [0.05, 0.1) is 25.7 Å².